The number of carbonyl (C=O) groups is 3. The Morgan fingerprint density at radius 3 is 2.48 bits per heavy atom. The van der Waals surface area contributed by atoms with E-state index in [4.69, 9.17) is 9.47 Å². The Bertz CT molecular complexity index is 866. The van der Waals surface area contributed by atoms with Crippen molar-refractivity contribution in [2.45, 2.75) is 33.1 Å². The van der Waals surface area contributed by atoms with Crippen LogP contribution < -0.4 is 9.47 Å². The van der Waals surface area contributed by atoms with E-state index in [1.165, 1.54) is 13.0 Å². The number of esters is 2. The third-order valence-electron chi connectivity index (χ3n) is 4.08. The molecule has 128 valence electrons. The zero-order valence-corrected chi connectivity index (χ0v) is 14.1. The van der Waals surface area contributed by atoms with Gasteiger partial charge in [-0.2, -0.15) is 0 Å². The molecular formula is C20H18O5. The molecular weight excluding hydrogens is 320 g/mol. The summed E-state index contributed by atoms with van der Waals surface area (Å²) < 4.78 is 10.5. The van der Waals surface area contributed by atoms with E-state index in [-0.39, 0.29) is 23.7 Å². The van der Waals surface area contributed by atoms with Crippen LogP contribution in [0.1, 0.15) is 47.3 Å². The minimum absolute atomic E-state index is 0.141. The summed E-state index contributed by atoms with van der Waals surface area (Å²) in [6.07, 6.45) is 1.45. The van der Waals surface area contributed by atoms with E-state index < -0.39 is 11.9 Å². The number of ketones is 1. The van der Waals surface area contributed by atoms with Crippen LogP contribution in [0.25, 0.3) is 0 Å². The lowest BCUT2D eigenvalue weighted by Gasteiger charge is -2.14. The number of aryl methyl sites for hydroxylation is 2. The third kappa shape index (κ3) is 3.45. The molecule has 0 radical (unpaired) electrons. The molecule has 0 fully saturated rings. The maximum absolute atomic E-state index is 13.1. The van der Waals surface area contributed by atoms with E-state index in [1.54, 1.807) is 19.1 Å². The summed E-state index contributed by atoms with van der Waals surface area (Å²) in [5.41, 5.74) is 2.63. The molecule has 0 amide bonds. The molecule has 3 rings (SSSR count). The first-order chi connectivity index (χ1) is 12.0. The molecule has 0 spiro atoms. The normalized spacial score (nSPS) is 12.6. The fraction of sp³-hybridized carbons (Fsp3) is 0.250. The van der Waals surface area contributed by atoms with Gasteiger partial charge in [-0.25, -0.2) is 0 Å². The van der Waals surface area contributed by atoms with Crippen molar-refractivity contribution in [3.05, 3.63) is 58.7 Å². The molecule has 0 aromatic heterocycles. The maximum Gasteiger partial charge on any atom is 0.310 e. The number of carbonyl (C=O) groups excluding carboxylic acids is 3. The SMILES string of the molecule is CCC(=O)Oc1cc(OC(C)=O)cc2c1C(=O)c1ccccc1CC2. The zero-order chi connectivity index (χ0) is 18.0. The predicted molar refractivity (Wildman–Crippen MR) is 91.0 cm³/mol. The van der Waals surface area contributed by atoms with Gasteiger partial charge >= 0.3 is 11.9 Å². The van der Waals surface area contributed by atoms with Gasteiger partial charge in [-0.3, -0.25) is 14.4 Å². The van der Waals surface area contributed by atoms with E-state index in [0.717, 1.165) is 5.56 Å². The second-order valence-corrected chi connectivity index (χ2v) is 5.86. The van der Waals surface area contributed by atoms with Crippen molar-refractivity contribution in [1.82, 2.24) is 0 Å². The standard InChI is InChI=1S/C20H18O5/c1-3-18(22)25-17-11-15(24-12(2)21)10-14-9-8-13-6-4-5-7-16(13)20(23)19(14)17/h4-7,10-11H,3,8-9H2,1-2H3. The van der Waals surface area contributed by atoms with Gasteiger partial charge < -0.3 is 9.47 Å². The van der Waals surface area contributed by atoms with Crippen LogP contribution in [0.5, 0.6) is 11.5 Å². The molecule has 0 saturated heterocycles. The van der Waals surface area contributed by atoms with Crippen LogP contribution in [0.3, 0.4) is 0 Å². The summed E-state index contributed by atoms with van der Waals surface area (Å²) in [6.45, 7) is 2.97. The largest absolute Gasteiger partial charge is 0.427 e. The average molecular weight is 338 g/mol. The summed E-state index contributed by atoms with van der Waals surface area (Å²) in [7, 11) is 0. The van der Waals surface area contributed by atoms with Crippen molar-refractivity contribution in [1.29, 1.82) is 0 Å². The summed E-state index contributed by atoms with van der Waals surface area (Å²) >= 11 is 0. The quantitative estimate of drug-likeness (QED) is 0.635. The molecule has 5 nitrogen and oxygen atoms in total. The fourth-order valence-corrected chi connectivity index (χ4v) is 2.96. The molecule has 0 aliphatic heterocycles. The molecule has 5 heteroatoms. The second-order valence-electron chi connectivity index (χ2n) is 5.86. The van der Waals surface area contributed by atoms with Crippen LogP contribution in [-0.2, 0) is 22.4 Å². The molecule has 2 aromatic carbocycles. The lowest BCUT2D eigenvalue weighted by atomic mass is 9.97. The first kappa shape index (κ1) is 16.9. The van der Waals surface area contributed by atoms with Crippen molar-refractivity contribution < 1.29 is 23.9 Å². The van der Waals surface area contributed by atoms with Gasteiger partial charge in [0.2, 0.25) is 0 Å². The van der Waals surface area contributed by atoms with Gasteiger partial charge in [0, 0.05) is 25.0 Å². The highest BCUT2D eigenvalue weighted by Gasteiger charge is 2.26. The van der Waals surface area contributed by atoms with E-state index in [0.29, 0.717) is 29.5 Å². The Labute approximate surface area is 145 Å². The third-order valence-corrected chi connectivity index (χ3v) is 4.08. The van der Waals surface area contributed by atoms with Gasteiger partial charge in [-0.05, 0) is 30.0 Å². The Morgan fingerprint density at radius 2 is 1.76 bits per heavy atom. The van der Waals surface area contributed by atoms with Crippen LogP contribution in [0, 0.1) is 0 Å². The van der Waals surface area contributed by atoms with Gasteiger partial charge in [0.1, 0.15) is 11.5 Å². The van der Waals surface area contributed by atoms with Gasteiger partial charge in [0.05, 0.1) is 5.56 Å². The summed E-state index contributed by atoms with van der Waals surface area (Å²) in [4.78, 5) is 36.1. The van der Waals surface area contributed by atoms with E-state index in [1.807, 2.05) is 18.2 Å². The number of fused-ring (bicyclic) bond motifs is 2. The van der Waals surface area contributed by atoms with E-state index in [2.05, 4.69) is 0 Å². The van der Waals surface area contributed by atoms with Crippen LogP contribution in [-0.4, -0.2) is 17.7 Å². The highest BCUT2D eigenvalue weighted by atomic mass is 16.5. The number of rotatable bonds is 3. The molecule has 0 saturated carbocycles. The monoisotopic (exact) mass is 338 g/mol. The highest BCUT2D eigenvalue weighted by molar-refractivity contribution is 6.13. The van der Waals surface area contributed by atoms with E-state index in [9.17, 15) is 14.4 Å². The van der Waals surface area contributed by atoms with Crippen molar-refractivity contribution in [3.63, 3.8) is 0 Å². The molecule has 1 aliphatic rings. The minimum Gasteiger partial charge on any atom is -0.427 e. The molecule has 0 heterocycles. The first-order valence-corrected chi connectivity index (χ1v) is 8.18. The van der Waals surface area contributed by atoms with Gasteiger partial charge in [0.15, 0.2) is 5.78 Å². The molecule has 25 heavy (non-hydrogen) atoms. The number of hydrogen-bond donors (Lipinski definition) is 0. The van der Waals surface area contributed by atoms with Crippen LogP contribution in [0.15, 0.2) is 36.4 Å². The zero-order valence-electron chi connectivity index (χ0n) is 14.1. The molecule has 0 bridgehead atoms. The summed E-state index contributed by atoms with van der Waals surface area (Å²) in [6, 6.07) is 10.5. The van der Waals surface area contributed by atoms with Crippen molar-refractivity contribution in [3.8, 4) is 11.5 Å². The number of ether oxygens (including phenoxy) is 2. The topological polar surface area (TPSA) is 69.7 Å². The smallest absolute Gasteiger partial charge is 0.310 e. The van der Waals surface area contributed by atoms with Crippen molar-refractivity contribution in [2.24, 2.45) is 0 Å². The number of benzene rings is 2. The van der Waals surface area contributed by atoms with Crippen molar-refractivity contribution in [2.75, 3.05) is 0 Å². The Morgan fingerprint density at radius 1 is 1.04 bits per heavy atom. The van der Waals surface area contributed by atoms with Gasteiger partial charge in [0.25, 0.3) is 0 Å². The lowest BCUT2D eigenvalue weighted by Crippen LogP contribution is -2.13. The second kappa shape index (κ2) is 6.89. The molecule has 2 aromatic rings. The van der Waals surface area contributed by atoms with Crippen LogP contribution in [0.2, 0.25) is 0 Å². The van der Waals surface area contributed by atoms with Gasteiger partial charge in [-0.1, -0.05) is 31.2 Å². The fourth-order valence-electron chi connectivity index (χ4n) is 2.96. The van der Waals surface area contributed by atoms with Crippen LogP contribution in [0.4, 0.5) is 0 Å². The Hall–Kier alpha value is -2.95. The number of hydrogen-bond acceptors (Lipinski definition) is 5. The highest BCUT2D eigenvalue weighted by Crippen LogP contribution is 2.35. The van der Waals surface area contributed by atoms with E-state index >= 15 is 0 Å². The van der Waals surface area contributed by atoms with Gasteiger partial charge in [-0.15, -0.1) is 0 Å². The Kier molecular flexibility index (Phi) is 4.65. The lowest BCUT2D eigenvalue weighted by molar-refractivity contribution is -0.134. The van der Waals surface area contributed by atoms with Crippen LogP contribution >= 0.6 is 0 Å². The summed E-state index contributed by atoms with van der Waals surface area (Å²) in [5.74, 6) is -0.703. The van der Waals surface area contributed by atoms with Crippen molar-refractivity contribution >= 4 is 17.7 Å². The average Bonchev–Trinajstić information content (AvgIpc) is 2.72. The molecule has 1 aliphatic carbocycles. The molecule has 0 N–H and O–H groups in total. The predicted octanol–water partition coefficient (Wildman–Crippen LogP) is 3.26. The minimum atomic E-state index is -0.476. The maximum atomic E-state index is 13.1. The molecule has 0 unspecified atom stereocenters. The Balaban J connectivity index is 2.15. The first-order valence-electron chi connectivity index (χ1n) is 8.18. The molecule has 0 atom stereocenters. The summed E-state index contributed by atoms with van der Waals surface area (Å²) in [5, 5.41) is 0.